The van der Waals surface area contributed by atoms with E-state index < -0.39 is 12.1 Å². The monoisotopic (exact) mass is 236 g/mol. The zero-order chi connectivity index (χ0) is 12.5. The number of ether oxygens (including phenoxy) is 1. The first-order valence-corrected chi connectivity index (χ1v) is 5.60. The second-order valence-corrected chi connectivity index (χ2v) is 4.54. The Bertz CT molecular complexity index is 423. The minimum atomic E-state index is -1.46. The van der Waals surface area contributed by atoms with Gasteiger partial charge in [-0.05, 0) is 24.0 Å². The van der Waals surface area contributed by atoms with Gasteiger partial charge in [0.25, 0.3) is 0 Å². The standard InChI is InChI=1S/C13H16O4/c1-17-8-13(6-7-13)10-5-3-2-4-9(10)11(14)12(15)16/h2-5,11,14H,6-8H2,1H3,(H,15,16). The highest BCUT2D eigenvalue weighted by Crippen LogP contribution is 2.50. The van der Waals surface area contributed by atoms with E-state index in [2.05, 4.69) is 0 Å². The molecule has 0 saturated heterocycles. The molecule has 1 atom stereocenters. The van der Waals surface area contributed by atoms with E-state index in [-0.39, 0.29) is 5.41 Å². The van der Waals surface area contributed by atoms with Gasteiger partial charge in [-0.2, -0.15) is 0 Å². The maximum absolute atomic E-state index is 10.9. The maximum atomic E-state index is 10.9. The summed E-state index contributed by atoms with van der Waals surface area (Å²) >= 11 is 0. The van der Waals surface area contributed by atoms with Crippen LogP contribution in [-0.4, -0.2) is 29.9 Å². The molecule has 1 fully saturated rings. The second kappa shape index (κ2) is 4.47. The molecule has 1 unspecified atom stereocenters. The van der Waals surface area contributed by atoms with Crippen LogP contribution in [0.25, 0.3) is 0 Å². The minimum Gasteiger partial charge on any atom is -0.479 e. The molecule has 17 heavy (non-hydrogen) atoms. The number of rotatable bonds is 5. The molecule has 0 spiro atoms. The molecule has 0 amide bonds. The van der Waals surface area contributed by atoms with Crippen molar-refractivity contribution in [1.29, 1.82) is 0 Å². The Morgan fingerprint density at radius 3 is 2.65 bits per heavy atom. The molecule has 4 heteroatoms. The van der Waals surface area contributed by atoms with Gasteiger partial charge >= 0.3 is 5.97 Å². The molecule has 0 heterocycles. The molecular weight excluding hydrogens is 220 g/mol. The predicted molar refractivity (Wildman–Crippen MR) is 61.8 cm³/mol. The number of aliphatic hydroxyl groups is 1. The molecule has 1 aliphatic rings. The fourth-order valence-corrected chi connectivity index (χ4v) is 2.27. The Labute approximate surface area is 99.8 Å². The fourth-order valence-electron chi connectivity index (χ4n) is 2.27. The van der Waals surface area contributed by atoms with E-state index in [0.29, 0.717) is 12.2 Å². The third kappa shape index (κ3) is 2.18. The van der Waals surface area contributed by atoms with Gasteiger partial charge in [-0.1, -0.05) is 24.3 Å². The average Bonchev–Trinajstić information content (AvgIpc) is 3.09. The molecule has 92 valence electrons. The van der Waals surface area contributed by atoms with E-state index in [4.69, 9.17) is 9.84 Å². The lowest BCUT2D eigenvalue weighted by atomic mass is 9.89. The number of aliphatic carboxylic acids is 1. The van der Waals surface area contributed by atoms with Crippen LogP contribution in [-0.2, 0) is 14.9 Å². The zero-order valence-electron chi connectivity index (χ0n) is 9.72. The van der Waals surface area contributed by atoms with Gasteiger partial charge < -0.3 is 14.9 Å². The number of methoxy groups -OCH3 is 1. The topological polar surface area (TPSA) is 66.8 Å². The lowest BCUT2D eigenvalue weighted by Gasteiger charge is -2.20. The molecule has 2 rings (SSSR count). The van der Waals surface area contributed by atoms with E-state index >= 15 is 0 Å². The molecule has 1 aromatic rings. The van der Waals surface area contributed by atoms with Gasteiger partial charge in [-0.15, -0.1) is 0 Å². The number of hydrogen-bond acceptors (Lipinski definition) is 3. The summed E-state index contributed by atoms with van der Waals surface area (Å²) in [5, 5.41) is 18.6. The Morgan fingerprint density at radius 2 is 2.12 bits per heavy atom. The van der Waals surface area contributed by atoms with Gasteiger partial charge in [0, 0.05) is 12.5 Å². The number of aliphatic hydroxyl groups excluding tert-OH is 1. The summed E-state index contributed by atoms with van der Waals surface area (Å²) < 4.78 is 5.19. The van der Waals surface area contributed by atoms with E-state index in [0.717, 1.165) is 18.4 Å². The molecule has 1 saturated carbocycles. The van der Waals surface area contributed by atoms with Gasteiger partial charge in [0.2, 0.25) is 0 Å². The van der Waals surface area contributed by atoms with Gasteiger partial charge in [0.1, 0.15) is 0 Å². The quantitative estimate of drug-likeness (QED) is 0.812. The van der Waals surface area contributed by atoms with Crippen LogP contribution in [0.1, 0.15) is 30.1 Å². The SMILES string of the molecule is COCC1(c2ccccc2C(O)C(=O)O)CC1. The highest BCUT2D eigenvalue weighted by molar-refractivity contribution is 5.75. The Balaban J connectivity index is 2.38. The van der Waals surface area contributed by atoms with Crippen LogP contribution in [0, 0.1) is 0 Å². The van der Waals surface area contributed by atoms with Crippen LogP contribution in [0.3, 0.4) is 0 Å². The molecule has 0 bridgehead atoms. The fraction of sp³-hybridized carbons (Fsp3) is 0.462. The number of hydrogen-bond donors (Lipinski definition) is 2. The van der Waals surface area contributed by atoms with Crippen LogP contribution in [0.2, 0.25) is 0 Å². The predicted octanol–water partition coefficient (Wildman–Crippen LogP) is 1.48. The van der Waals surface area contributed by atoms with Crippen molar-refractivity contribution >= 4 is 5.97 Å². The van der Waals surface area contributed by atoms with Crippen LogP contribution in [0.4, 0.5) is 0 Å². The third-order valence-electron chi connectivity index (χ3n) is 3.33. The highest BCUT2D eigenvalue weighted by Gasteiger charge is 2.46. The van der Waals surface area contributed by atoms with Crippen molar-refractivity contribution in [2.45, 2.75) is 24.4 Å². The first-order chi connectivity index (χ1) is 8.10. The van der Waals surface area contributed by atoms with Gasteiger partial charge in [-0.3, -0.25) is 0 Å². The second-order valence-electron chi connectivity index (χ2n) is 4.54. The molecular formula is C13H16O4. The van der Waals surface area contributed by atoms with E-state index in [1.165, 1.54) is 0 Å². The lowest BCUT2D eigenvalue weighted by Crippen LogP contribution is -2.20. The first kappa shape index (κ1) is 12.1. The summed E-state index contributed by atoms with van der Waals surface area (Å²) in [5.74, 6) is -1.22. The largest absolute Gasteiger partial charge is 0.479 e. The van der Waals surface area contributed by atoms with Gasteiger partial charge in [-0.25, -0.2) is 4.79 Å². The summed E-state index contributed by atoms with van der Waals surface area (Å²) in [6.07, 6.45) is 0.495. The molecule has 1 aliphatic carbocycles. The van der Waals surface area contributed by atoms with Crippen molar-refractivity contribution in [2.24, 2.45) is 0 Å². The lowest BCUT2D eigenvalue weighted by molar-refractivity contribution is -0.147. The summed E-state index contributed by atoms with van der Waals surface area (Å²) in [6.45, 7) is 0.566. The van der Waals surface area contributed by atoms with Crippen molar-refractivity contribution in [3.8, 4) is 0 Å². The molecule has 0 aromatic heterocycles. The van der Waals surface area contributed by atoms with Crippen LogP contribution in [0.15, 0.2) is 24.3 Å². The Kier molecular flexibility index (Phi) is 3.17. The summed E-state index contributed by atoms with van der Waals surface area (Å²) in [4.78, 5) is 10.9. The van der Waals surface area contributed by atoms with Crippen LogP contribution < -0.4 is 0 Å². The summed E-state index contributed by atoms with van der Waals surface area (Å²) in [6, 6.07) is 7.16. The Morgan fingerprint density at radius 1 is 1.47 bits per heavy atom. The Hall–Kier alpha value is -1.39. The van der Waals surface area contributed by atoms with E-state index in [1.54, 1.807) is 19.2 Å². The van der Waals surface area contributed by atoms with E-state index in [1.807, 2.05) is 12.1 Å². The maximum Gasteiger partial charge on any atom is 0.337 e. The minimum absolute atomic E-state index is 0.0955. The normalized spacial score (nSPS) is 18.7. The first-order valence-electron chi connectivity index (χ1n) is 5.60. The molecule has 0 radical (unpaired) electrons. The summed E-state index contributed by atoms with van der Waals surface area (Å²) in [7, 11) is 1.64. The van der Waals surface area contributed by atoms with Gasteiger partial charge in [0.05, 0.1) is 6.61 Å². The van der Waals surface area contributed by atoms with Crippen molar-refractivity contribution in [1.82, 2.24) is 0 Å². The molecule has 1 aromatic carbocycles. The molecule has 0 aliphatic heterocycles. The number of carbonyl (C=O) groups is 1. The van der Waals surface area contributed by atoms with Gasteiger partial charge in [0.15, 0.2) is 6.10 Å². The highest BCUT2D eigenvalue weighted by atomic mass is 16.5. The van der Waals surface area contributed by atoms with Crippen molar-refractivity contribution in [3.05, 3.63) is 35.4 Å². The zero-order valence-corrected chi connectivity index (χ0v) is 9.72. The summed E-state index contributed by atoms with van der Waals surface area (Å²) in [5.41, 5.74) is 1.29. The number of carboxylic acid groups (broad SMARTS) is 1. The van der Waals surface area contributed by atoms with Crippen LogP contribution in [0.5, 0.6) is 0 Å². The number of benzene rings is 1. The smallest absolute Gasteiger partial charge is 0.337 e. The van der Waals surface area contributed by atoms with Crippen molar-refractivity contribution in [2.75, 3.05) is 13.7 Å². The number of carboxylic acids is 1. The van der Waals surface area contributed by atoms with Crippen molar-refractivity contribution in [3.63, 3.8) is 0 Å². The average molecular weight is 236 g/mol. The third-order valence-corrected chi connectivity index (χ3v) is 3.33. The molecule has 2 N–H and O–H groups in total. The van der Waals surface area contributed by atoms with E-state index in [9.17, 15) is 9.90 Å². The molecule has 4 nitrogen and oxygen atoms in total. The van der Waals surface area contributed by atoms with Crippen molar-refractivity contribution < 1.29 is 19.7 Å². The van der Waals surface area contributed by atoms with Crippen LogP contribution >= 0.6 is 0 Å².